The molecule has 0 aliphatic heterocycles. The number of thioether (sulfide) groups is 1. The molecule has 20 heavy (non-hydrogen) atoms. The first kappa shape index (κ1) is 15.4. The number of benzene rings is 1. The van der Waals surface area contributed by atoms with Gasteiger partial charge in [0, 0.05) is 29.5 Å². The second-order valence-electron chi connectivity index (χ2n) is 4.10. The Morgan fingerprint density at radius 3 is 2.60 bits per heavy atom. The molecule has 108 valence electrons. The summed E-state index contributed by atoms with van der Waals surface area (Å²) in [6.45, 7) is 6.40. The second-order valence-corrected chi connectivity index (χ2v) is 5.60. The number of nitrogens with zero attached hydrogens (tertiary/aromatic N) is 3. The molecule has 1 heterocycles. The van der Waals surface area contributed by atoms with Gasteiger partial charge in [0.05, 0.1) is 6.61 Å². The van der Waals surface area contributed by atoms with E-state index in [1.165, 1.54) is 0 Å². The zero-order chi connectivity index (χ0) is 14.4. The Morgan fingerprint density at radius 2 is 1.95 bits per heavy atom. The number of hydrogen-bond acceptors (Lipinski definition) is 4. The maximum atomic E-state index is 5.92. The highest BCUT2D eigenvalue weighted by Crippen LogP contribution is 2.24. The van der Waals surface area contributed by atoms with E-state index >= 15 is 0 Å². The van der Waals surface area contributed by atoms with Crippen molar-refractivity contribution in [2.75, 3.05) is 19.0 Å². The molecule has 0 atom stereocenters. The summed E-state index contributed by atoms with van der Waals surface area (Å²) in [5.41, 5.74) is 1.03. The minimum absolute atomic E-state index is 0.725. The lowest BCUT2D eigenvalue weighted by atomic mass is 10.2. The summed E-state index contributed by atoms with van der Waals surface area (Å²) >= 11 is 7.58. The molecule has 1 aromatic heterocycles. The number of ether oxygens (including phenoxy) is 1. The molecular weight excluding hydrogens is 294 g/mol. The molecule has 0 bridgehead atoms. The SMILES string of the molecule is CCOCCSc1nnc(-c2ccc(Cl)cc2)n1CC. The average molecular weight is 312 g/mol. The topological polar surface area (TPSA) is 39.9 Å². The summed E-state index contributed by atoms with van der Waals surface area (Å²) in [7, 11) is 0. The van der Waals surface area contributed by atoms with Crippen LogP contribution in [0.5, 0.6) is 0 Å². The van der Waals surface area contributed by atoms with Crippen molar-refractivity contribution in [3.8, 4) is 11.4 Å². The third-order valence-corrected chi connectivity index (χ3v) is 3.98. The highest BCUT2D eigenvalue weighted by atomic mass is 35.5. The fourth-order valence-corrected chi connectivity index (χ4v) is 2.81. The van der Waals surface area contributed by atoms with Crippen molar-refractivity contribution in [3.63, 3.8) is 0 Å². The van der Waals surface area contributed by atoms with Crippen molar-refractivity contribution in [1.29, 1.82) is 0 Å². The largest absolute Gasteiger partial charge is 0.381 e. The zero-order valence-electron chi connectivity index (χ0n) is 11.7. The van der Waals surface area contributed by atoms with Crippen LogP contribution in [-0.2, 0) is 11.3 Å². The molecular formula is C14H18ClN3OS. The van der Waals surface area contributed by atoms with Crippen LogP contribution in [0.4, 0.5) is 0 Å². The van der Waals surface area contributed by atoms with E-state index in [-0.39, 0.29) is 0 Å². The Hall–Kier alpha value is -1.04. The Balaban J connectivity index is 2.14. The minimum atomic E-state index is 0.725. The Kier molecular flexibility index (Phi) is 5.88. The third kappa shape index (κ3) is 3.75. The van der Waals surface area contributed by atoms with E-state index in [9.17, 15) is 0 Å². The molecule has 1 aromatic carbocycles. The van der Waals surface area contributed by atoms with Crippen LogP contribution in [0.3, 0.4) is 0 Å². The van der Waals surface area contributed by atoms with Crippen LogP contribution in [0.25, 0.3) is 11.4 Å². The molecule has 0 fully saturated rings. The molecule has 0 N–H and O–H groups in total. The van der Waals surface area contributed by atoms with Crippen molar-refractivity contribution >= 4 is 23.4 Å². The number of rotatable bonds is 7. The number of hydrogen-bond donors (Lipinski definition) is 0. The lowest BCUT2D eigenvalue weighted by Crippen LogP contribution is -2.02. The van der Waals surface area contributed by atoms with E-state index in [0.717, 1.165) is 47.1 Å². The van der Waals surface area contributed by atoms with Crippen LogP contribution in [0.15, 0.2) is 29.4 Å². The van der Waals surface area contributed by atoms with Gasteiger partial charge in [0.2, 0.25) is 0 Å². The van der Waals surface area contributed by atoms with E-state index in [2.05, 4.69) is 21.7 Å². The van der Waals surface area contributed by atoms with E-state index in [4.69, 9.17) is 16.3 Å². The molecule has 2 rings (SSSR count). The van der Waals surface area contributed by atoms with Crippen LogP contribution in [0.2, 0.25) is 5.02 Å². The molecule has 0 aliphatic rings. The molecule has 0 radical (unpaired) electrons. The molecule has 0 saturated carbocycles. The van der Waals surface area contributed by atoms with Gasteiger partial charge in [0.25, 0.3) is 0 Å². The minimum Gasteiger partial charge on any atom is -0.381 e. The quantitative estimate of drug-likeness (QED) is 0.577. The standard InChI is InChI=1S/C14H18ClN3OS/c1-3-18-13(11-5-7-12(15)8-6-11)16-17-14(18)20-10-9-19-4-2/h5-8H,3-4,9-10H2,1-2H3. The second kappa shape index (κ2) is 7.67. The summed E-state index contributed by atoms with van der Waals surface area (Å²) in [4.78, 5) is 0. The van der Waals surface area contributed by atoms with Gasteiger partial charge < -0.3 is 9.30 Å². The van der Waals surface area contributed by atoms with Gasteiger partial charge in [0.15, 0.2) is 11.0 Å². The first-order valence-corrected chi connectivity index (χ1v) is 8.02. The van der Waals surface area contributed by atoms with Crippen molar-refractivity contribution in [2.45, 2.75) is 25.5 Å². The molecule has 6 heteroatoms. The molecule has 0 amide bonds. The van der Waals surface area contributed by atoms with Gasteiger partial charge in [-0.25, -0.2) is 0 Å². The van der Waals surface area contributed by atoms with Gasteiger partial charge in [-0.1, -0.05) is 23.4 Å². The lowest BCUT2D eigenvalue weighted by Gasteiger charge is -2.07. The normalized spacial score (nSPS) is 10.9. The summed E-state index contributed by atoms with van der Waals surface area (Å²) in [5.74, 6) is 1.76. The van der Waals surface area contributed by atoms with Gasteiger partial charge >= 0.3 is 0 Å². The fraction of sp³-hybridized carbons (Fsp3) is 0.429. The maximum absolute atomic E-state index is 5.92. The number of aromatic nitrogens is 3. The van der Waals surface area contributed by atoms with Crippen molar-refractivity contribution < 1.29 is 4.74 Å². The first-order chi connectivity index (χ1) is 9.76. The summed E-state index contributed by atoms with van der Waals surface area (Å²) < 4.78 is 7.45. The number of halogens is 1. The van der Waals surface area contributed by atoms with Crippen LogP contribution < -0.4 is 0 Å². The molecule has 0 unspecified atom stereocenters. The van der Waals surface area contributed by atoms with Crippen LogP contribution in [-0.4, -0.2) is 33.7 Å². The summed E-state index contributed by atoms with van der Waals surface area (Å²) in [5, 5.41) is 10.2. The Labute approximate surface area is 128 Å². The first-order valence-electron chi connectivity index (χ1n) is 6.66. The highest BCUT2D eigenvalue weighted by molar-refractivity contribution is 7.99. The maximum Gasteiger partial charge on any atom is 0.191 e. The van der Waals surface area contributed by atoms with Crippen molar-refractivity contribution in [1.82, 2.24) is 14.8 Å². The molecule has 4 nitrogen and oxygen atoms in total. The predicted molar refractivity (Wildman–Crippen MR) is 83.4 cm³/mol. The summed E-state index contributed by atoms with van der Waals surface area (Å²) in [6, 6.07) is 7.67. The van der Waals surface area contributed by atoms with E-state index in [1.54, 1.807) is 11.8 Å². The fourth-order valence-electron chi connectivity index (χ4n) is 1.83. The Bertz CT molecular complexity index is 542. The predicted octanol–water partition coefficient (Wildman–Crippen LogP) is 3.75. The smallest absolute Gasteiger partial charge is 0.191 e. The van der Waals surface area contributed by atoms with Gasteiger partial charge in [-0.3, -0.25) is 0 Å². The molecule has 0 saturated heterocycles. The van der Waals surface area contributed by atoms with Gasteiger partial charge in [-0.2, -0.15) is 0 Å². The third-order valence-electron chi connectivity index (χ3n) is 2.80. The van der Waals surface area contributed by atoms with Gasteiger partial charge in [0.1, 0.15) is 0 Å². The monoisotopic (exact) mass is 311 g/mol. The molecule has 2 aromatic rings. The van der Waals surface area contributed by atoms with Gasteiger partial charge in [-0.05, 0) is 38.1 Å². The van der Waals surface area contributed by atoms with Crippen LogP contribution >= 0.6 is 23.4 Å². The summed E-state index contributed by atoms with van der Waals surface area (Å²) in [6.07, 6.45) is 0. The average Bonchev–Trinajstić information content (AvgIpc) is 2.87. The van der Waals surface area contributed by atoms with E-state index in [0.29, 0.717) is 0 Å². The van der Waals surface area contributed by atoms with Crippen LogP contribution in [0.1, 0.15) is 13.8 Å². The van der Waals surface area contributed by atoms with E-state index < -0.39 is 0 Å². The van der Waals surface area contributed by atoms with Crippen LogP contribution in [0, 0.1) is 0 Å². The Morgan fingerprint density at radius 1 is 1.20 bits per heavy atom. The van der Waals surface area contributed by atoms with Crippen molar-refractivity contribution in [3.05, 3.63) is 29.3 Å². The molecule has 0 aliphatic carbocycles. The lowest BCUT2D eigenvalue weighted by molar-refractivity contribution is 0.164. The van der Waals surface area contributed by atoms with E-state index in [1.807, 2.05) is 31.2 Å². The van der Waals surface area contributed by atoms with Gasteiger partial charge in [-0.15, -0.1) is 10.2 Å². The van der Waals surface area contributed by atoms with Crippen molar-refractivity contribution in [2.24, 2.45) is 0 Å². The highest BCUT2D eigenvalue weighted by Gasteiger charge is 2.12. The zero-order valence-corrected chi connectivity index (χ0v) is 13.2. The molecule has 0 spiro atoms.